The van der Waals surface area contributed by atoms with Gasteiger partial charge in [-0.3, -0.25) is 5.84 Å². The van der Waals surface area contributed by atoms with Gasteiger partial charge >= 0.3 is 0 Å². The van der Waals surface area contributed by atoms with Crippen molar-refractivity contribution in [2.24, 2.45) is 5.84 Å². The van der Waals surface area contributed by atoms with Crippen LogP contribution in [0.1, 0.15) is 18.0 Å². The van der Waals surface area contributed by atoms with Crippen molar-refractivity contribution in [3.8, 4) is 0 Å². The molecule has 0 radical (unpaired) electrons. The van der Waals surface area contributed by atoms with Crippen LogP contribution in [0.25, 0.3) is 0 Å². The summed E-state index contributed by atoms with van der Waals surface area (Å²) in [6.45, 7) is 0.686. The molecule has 0 aliphatic carbocycles. The van der Waals surface area contributed by atoms with Crippen molar-refractivity contribution in [2.45, 2.75) is 12.5 Å². The Morgan fingerprint density at radius 2 is 2.19 bits per heavy atom. The zero-order valence-corrected chi connectivity index (χ0v) is 10.1. The Balaban J connectivity index is 2.35. The normalized spacial score (nSPS) is 16.8. The van der Waals surface area contributed by atoms with Gasteiger partial charge in [0.05, 0.1) is 6.61 Å². The Kier molecular flexibility index (Phi) is 3.71. The maximum absolute atomic E-state index is 6.11. The predicted molar refractivity (Wildman–Crippen MR) is 65.2 cm³/mol. The van der Waals surface area contributed by atoms with Crippen LogP contribution in [0.4, 0.5) is 0 Å². The molecular weight excluding hydrogens is 247 g/mol. The smallest absolute Gasteiger partial charge is 0.115 e. The van der Waals surface area contributed by atoms with Gasteiger partial charge in [0.15, 0.2) is 0 Å². The monoisotopic (exact) mass is 258 g/mol. The quantitative estimate of drug-likeness (QED) is 0.648. The molecule has 0 aromatic heterocycles. The fourth-order valence-corrected chi connectivity index (χ4v) is 2.11. The molecule has 1 unspecified atom stereocenters. The van der Waals surface area contributed by atoms with Gasteiger partial charge in [0.25, 0.3) is 0 Å². The van der Waals surface area contributed by atoms with E-state index in [1.807, 2.05) is 6.08 Å². The second kappa shape index (κ2) is 5.06. The highest BCUT2D eigenvalue weighted by Crippen LogP contribution is 2.32. The molecule has 0 saturated heterocycles. The molecule has 1 heterocycles. The molecule has 1 atom stereocenters. The van der Waals surface area contributed by atoms with Gasteiger partial charge in [-0.2, -0.15) is 0 Å². The highest BCUT2D eigenvalue weighted by Gasteiger charge is 2.21. The Labute approximate surface area is 104 Å². The lowest BCUT2D eigenvalue weighted by molar-refractivity contribution is 0.216. The predicted octanol–water partition coefficient (Wildman–Crippen LogP) is 2.80. The number of halogens is 2. The van der Waals surface area contributed by atoms with E-state index in [4.69, 9.17) is 33.8 Å². The molecule has 3 nitrogen and oxygen atoms in total. The van der Waals surface area contributed by atoms with Crippen molar-refractivity contribution < 1.29 is 4.74 Å². The van der Waals surface area contributed by atoms with Crippen LogP contribution in [0.15, 0.2) is 30.0 Å². The van der Waals surface area contributed by atoms with Gasteiger partial charge in [-0.25, -0.2) is 5.43 Å². The van der Waals surface area contributed by atoms with E-state index in [-0.39, 0.29) is 6.04 Å². The summed E-state index contributed by atoms with van der Waals surface area (Å²) in [6.07, 6.45) is 2.90. The van der Waals surface area contributed by atoms with Crippen molar-refractivity contribution in [1.82, 2.24) is 5.43 Å². The first-order valence-electron chi connectivity index (χ1n) is 4.96. The first-order valence-corrected chi connectivity index (χ1v) is 5.72. The number of ether oxygens (including phenoxy) is 1. The molecule has 0 spiro atoms. The SMILES string of the molecule is NNC(C1=CCCO1)c1cc(Cl)ccc1Cl. The van der Waals surface area contributed by atoms with Crippen LogP contribution in [0, 0.1) is 0 Å². The van der Waals surface area contributed by atoms with Gasteiger partial charge in [0, 0.05) is 16.5 Å². The molecule has 1 aliphatic rings. The molecule has 1 aliphatic heterocycles. The van der Waals surface area contributed by atoms with E-state index < -0.39 is 0 Å². The number of rotatable bonds is 3. The lowest BCUT2D eigenvalue weighted by Crippen LogP contribution is -2.29. The van der Waals surface area contributed by atoms with Crippen molar-refractivity contribution in [2.75, 3.05) is 6.61 Å². The third-order valence-corrected chi connectivity index (χ3v) is 3.03. The van der Waals surface area contributed by atoms with Crippen LogP contribution in [0.2, 0.25) is 10.0 Å². The zero-order chi connectivity index (χ0) is 11.5. The lowest BCUT2D eigenvalue weighted by atomic mass is 10.1. The molecule has 5 heteroatoms. The Morgan fingerprint density at radius 3 is 2.81 bits per heavy atom. The van der Waals surface area contributed by atoms with E-state index in [1.54, 1.807) is 18.2 Å². The van der Waals surface area contributed by atoms with Crippen LogP contribution < -0.4 is 11.3 Å². The summed E-state index contributed by atoms with van der Waals surface area (Å²) in [6, 6.07) is 5.04. The summed E-state index contributed by atoms with van der Waals surface area (Å²) in [7, 11) is 0. The van der Waals surface area contributed by atoms with Gasteiger partial charge in [-0.15, -0.1) is 0 Å². The molecule has 2 rings (SSSR count). The molecule has 0 amide bonds. The van der Waals surface area contributed by atoms with E-state index in [2.05, 4.69) is 5.43 Å². The highest BCUT2D eigenvalue weighted by atomic mass is 35.5. The van der Waals surface area contributed by atoms with E-state index in [1.165, 1.54) is 0 Å². The lowest BCUT2D eigenvalue weighted by Gasteiger charge is -2.19. The maximum atomic E-state index is 6.11. The van der Waals surface area contributed by atoms with Crippen LogP contribution in [-0.4, -0.2) is 6.61 Å². The second-order valence-electron chi connectivity index (χ2n) is 3.51. The fraction of sp³-hybridized carbons (Fsp3) is 0.273. The molecule has 1 aromatic rings. The third kappa shape index (κ3) is 2.33. The van der Waals surface area contributed by atoms with Crippen molar-refractivity contribution in [3.05, 3.63) is 45.6 Å². The summed E-state index contributed by atoms with van der Waals surface area (Å²) in [4.78, 5) is 0. The van der Waals surface area contributed by atoms with Crippen LogP contribution in [0.3, 0.4) is 0 Å². The number of hydrogen-bond acceptors (Lipinski definition) is 3. The third-order valence-electron chi connectivity index (χ3n) is 2.45. The minimum Gasteiger partial charge on any atom is -0.496 e. The van der Waals surface area contributed by atoms with Gasteiger partial charge in [0.2, 0.25) is 0 Å². The second-order valence-corrected chi connectivity index (χ2v) is 4.35. The number of hydrogen-bond donors (Lipinski definition) is 2. The summed E-state index contributed by atoms with van der Waals surface area (Å²) in [5.41, 5.74) is 3.52. The average Bonchev–Trinajstić information content (AvgIpc) is 2.78. The summed E-state index contributed by atoms with van der Waals surface area (Å²) in [5, 5.41) is 1.24. The first kappa shape index (κ1) is 11.7. The Morgan fingerprint density at radius 1 is 1.38 bits per heavy atom. The molecule has 0 saturated carbocycles. The standard InChI is InChI=1S/C11H12Cl2N2O/c12-7-3-4-9(13)8(6-7)11(15-14)10-2-1-5-16-10/h2-4,6,11,15H,1,5,14H2. The molecular formula is C11H12Cl2N2O. The van der Waals surface area contributed by atoms with Gasteiger partial charge in [-0.1, -0.05) is 23.2 Å². The molecule has 0 fully saturated rings. The largest absolute Gasteiger partial charge is 0.496 e. The number of benzene rings is 1. The van der Waals surface area contributed by atoms with Crippen molar-refractivity contribution >= 4 is 23.2 Å². The van der Waals surface area contributed by atoms with E-state index >= 15 is 0 Å². The average molecular weight is 259 g/mol. The summed E-state index contributed by atoms with van der Waals surface area (Å²) >= 11 is 12.0. The molecule has 1 aromatic carbocycles. The minimum absolute atomic E-state index is 0.242. The van der Waals surface area contributed by atoms with Crippen molar-refractivity contribution in [3.63, 3.8) is 0 Å². The van der Waals surface area contributed by atoms with E-state index in [0.29, 0.717) is 16.7 Å². The van der Waals surface area contributed by atoms with Gasteiger partial charge < -0.3 is 4.74 Å². The Bertz CT molecular complexity index is 420. The molecule has 16 heavy (non-hydrogen) atoms. The number of hydrazine groups is 1. The highest BCUT2D eigenvalue weighted by molar-refractivity contribution is 6.33. The Hall–Kier alpha value is -0.740. The van der Waals surface area contributed by atoms with Crippen LogP contribution in [-0.2, 0) is 4.74 Å². The van der Waals surface area contributed by atoms with Crippen LogP contribution in [0.5, 0.6) is 0 Å². The first-order chi connectivity index (χ1) is 7.72. The summed E-state index contributed by atoms with van der Waals surface area (Å²) in [5.74, 6) is 6.33. The summed E-state index contributed by atoms with van der Waals surface area (Å²) < 4.78 is 5.47. The fourth-order valence-electron chi connectivity index (χ4n) is 1.70. The maximum Gasteiger partial charge on any atom is 0.115 e. The van der Waals surface area contributed by atoms with E-state index in [9.17, 15) is 0 Å². The molecule has 3 N–H and O–H groups in total. The van der Waals surface area contributed by atoms with Crippen molar-refractivity contribution in [1.29, 1.82) is 0 Å². The van der Waals surface area contributed by atoms with Gasteiger partial charge in [0.1, 0.15) is 11.8 Å². The molecule has 86 valence electrons. The molecule has 0 bridgehead atoms. The number of nitrogens with two attached hydrogens (primary N) is 1. The zero-order valence-electron chi connectivity index (χ0n) is 8.54. The van der Waals surface area contributed by atoms with Crippen LogP contribution >= 0.6 is 23.2 Å². The number of nitrogens with one attached hydrogen (secondary N) is 1. The minimum atomic E-state index is -0.242. The van der Waals surface area contributed by atoms with Gasteiger partial charge in [-0.05, 0) is 29.8 Å². The topological polar surface area (TPSA) is 47.3 Å². The van der Waals surface area contributed by atoms with E-state index in [0.717, 1.165) is 17.7 Å².